The van der Waals surface area contributed by atoms with Gasteiger partial charge in [-0.3, -0.25) is 0 Å². The Hall–Kier alpha value is -0.460. The second kappa shape index (κ2) is 25.5. The highest BCUT2D eigenvalue weighted by atomic mass is 14.5. The van der Waals surface area contributed by atoms with Gasteiger partial charge in [0.2, 0.25) is 0 Å². The molecule has 0 unspecified atom stereocenters. The smallest absolute Gasteiger partial charge is 0.0455 e. The van der Waals surface area contributed by atoms with Crippen LogP contribution in [-0.4, -0.2) is 0 Å². The lowest BCUT2D eigenvalue weighted by atomic mass is 10.0. The van der Waals surface area contributed by atoms with Crippen molar-refractivity contribution in [2.24, 2.45) is 0 Å². The molecular weight excluding hydrogens is 326 g/mol. The Labute approximate surface area is 173 Å². The molecule has 0 atom stereocenters. The number of rotatable bonds is 23. The molecule has 1 nitrogen and oxygen atoms in total. The maximum Gasteiger partial charge on any atom is 0.0455 e. The first-order valence-electron chi connectivity index (χ1n) is 12.7. The van der Waals surface area contributed by atoms with Crippen molar-refractivity contribution >= 4 is 0 Å². The van der Waals surface area contributed by atoms with Crippen LogP contribution in [0.4, 0.5) is 0 Å². The summed E-state index contributed by atoms with van der Waals surface area (Å²) in [5, 5.41) is 0. The minimum absolute atomic E-state index is 1.04. The summed E-state index contributed by atoms with van der Waals surface area (Å²) in [6.45, 7) is 2.30. The fourth-order valence-electron chi connectivity index (χ4n) is 3.95. The molecule has 0 rings (SSSR count). The van der Waals surface area contributed by atoms with Crippen LogP contribution < -0.4 is 5.73 Å². The van der Waals surface area contributed by atoms with E-state index in [1.807, 2.05) is 6.08 Å². The van der Waals surface area contributed by atoms with Crippen molar-refractivity contribution in [2.45, 2.75) is 155 Å². The first kappa shape index (κ1) is 26.5. The van der Waals surface area contributed by atoms with Gasteiger partial charge in [-0.1, -0.05) is 148 Å². The van der Waals surface area contributed by atoms with Crippen molar-refractivity contribution in [3.8, 4) is 0 Å². The fraction of sp³-hybridized carbons (Fsp3) is 0.923. The number of unbranched alkanes of at least 4 members (excludes halogenated alkanes) is 22. The molecule has 0 spiro atoms. The Morgan fingerprint density at radius 3 is 0.926 bits per heavy atom. The van der Waals surface area contributed by atoms with E-state index < -0.39 is 0 Å². The lowest BCUT2D eigenvalue weighted by Crippen LogP contribution is -1.84. The van der Waals surface area contributed by atoms with E-state index in [2.05, 4.69) is 6.92 Å². The van der Waals surface area contributed by atoms with Crippen LogP contribution in [0.25, 0.3) is 0 Å². The quantitative estimate of drug-likeness (QED) is 0.158. The summed E-state index contributed by atoms with van der Waals surface area (Å²) >= 11 is 0. The molecule has 160 valence electrons. The molecule has 0 aromatic heterocycles. The third kappa shape index (κ3) is 25.5. The molecule has 0 aromatic rings. The molecule has 0 aliphatic rings. The summed E-state index contributed by atoms with van der Waals surface area (Å²) in [4.78, 5) is 0. The topological polar surface area (TPSA) is 22.3 Å². The van der Waals surface area contributed by atoms with Crippen LogP contribution >= 0.6 is 0 Å². The third-order valence-corrected chi connectivity index (χ3v) is 5.83. The number of allylic oxidation sites excluding steroid dienone is 1. The minimum atomic E-state index is 1.04. The molecule has 0 N–H and O–H groups in total. The molecule has 0 aliphatic heterocycles. The molecule has 0 aromatic carbocycles. The molecule has 1 heteroatoms. The van der Waals surface area contributed by atoms with Crippen LogP contribution in [0.1, 0.15) is 155 Å². The molecule has 0 saturated heterocycles. The normalized spacial score (nSPS) is 11.6. The molecule has 0 heterocycles. The van der Waals surface area contributed by atoms with Gasteiger partial charge in [0.25, 0.3) is 0 Å². The van der Waals surface area contributed by atoms with Gasteiger partial charge in [-0.05, 0) is 12.8 Å². The van der Waals surface area contributed by atoms with E-state index >= 15 is 0 Å². The van der Waals surface area contributed by atoms with Crippen LogP contribution in [0.15, 0.2) is 12.3 Å². The van der Waals surface area contributed by atoms with Crippen molar-refractivity contribution < 1.29 is 0 Å². The van der Waals surface area contributed by atoms with Crippen LogP contribution in [0, 0.1) is 0 Å². The maximum atomic E-state index is 8.56. The first-order valence-corrected chi connectivity index (χ1v) is 12.7. The second-order valence-corrected chi connectivity index (χ2v) is 8.60. The zero-order chi connectivity index (χ0) is 19.7. The summed E-state index contributed by atoms with van der Waals surface area (Å²) < 4.78 is 0. The van der Waals surface area contributed by atoms with Gasteiger partial charge in [0.15, 0.2) is 0 Å². The summed E-state index contributed by atoms with van der Waals surface area (Å²) in [6, 6.07) is 0. The van der Waals surface area contributed by atoms with Crippen molar-refractivity contribution in [1.82, 2.24) is 5.73 Å². The highest BCUT2D eigenvalue weighted by Gasteiger charge is 1.95. The average molecular weight is 378 g/mol. The second-order valence-electron chi connectivity index (χ2n) is 8.60. The maximum absolute atomic E-state index is 8.56. The van der Waals surface area contributed by atoms with Gasteiger partial charge in [-0.25, -0.2) is 0 Å². The lowest BCUT2D eigenvalue weighted by molar-refractivity contribution is 0.519. The van der Waals surface area contributed by atoms with E-state index in [1.54, 1.807) is 0 Å². The average Bonchev–Trinajstić information content (AvgIpc) is 2.68. The lowest BCUT2D eigenvalue weighted by Gasteiger charge is -2.04. The Bertz CT molecular complexity index is 271. The van der Waals surface area contributed by atoms with Gasteiger partial charge in [0.1, 0.15) is 0 Å². The van der Waals surface area contributed by atoms with Crippen LogP contribution in [0.5, 0.6) is 0 Å². The van der Waals surface area contributed by atoms with Gasteiger partial charge >= 0.3 is 0 Å². The van der Waals surface area contributed by atoms with Crippen molar-refractivity contribution in [2.75, 3.05) is 0 Å². The van der Waals surface area contributed by atoms with Gasteiger partial charge in [0, 0.05) is 6.20 Å². The molecule has 0 amide bonds. The summed E-state index contributed by atoms with van der Waals surface area (Å²) in [5.74, 6) is 0. The zero-order valence-corrected chi connectivity index (χ0v) is 18.9. The molecule has 2 radical (unpaired) electrons. The predicted octanol–water partition coefficient (Wildman–Crippen LogP) is 9.56. The van der Waals surface area contributed by atoms with E-state index in [4.69, 9.17) is 5.73 Å². The van der Waals surface area contributed by atoms with Gasteiger partial charge < -0.3 is 0 Å². The summed E-state index contributed by atoms with van der Waals surface area (Å²) in [7, 11) is 0. The molecule has 0 saturated carbocycles. The predicted molar refractivity (Wildman–Crippen MR) is 123 cm³/mol. The first-order chi connectivity index (χ1) is 13.4. The molecule has 0 aliphatic carbocycles. The third-order valence-electron chi connectivity index (χ3n) is 5.83. The van der Waals surface area contributed by atoms with Gasteiger partial charge in [-0.2, -0.15) is 5.73 Å². The molecule has 27 heavy (non-hydrogen) atoms. The monoisotopic (exact) mass is 377 g/mol. The van der Waals surface area contributed by atoms with E-state index in [-0.39, 0.29) is 0 Å². The van der Waals surface area contributed by atoms with E-state index in [0.717, 1.165) is 6.42 Å². The molecule has 0 fully saturated rings. The fourth-order valence-corrected chi connectivity index (χ4v) is 3.95. The minimum Gasteiger partial charge on any atom is -0.160 e. The van der Waals surface area contributed by atoms with Gasteiger partial charge in [0.05, 0.1) is 0 Å². The standard InChI is InChI=1S/C26H51N/c1-2-3-4-5-6-7-8-9-10-11-12-13-14-15-16-17-18-19-20-21-22-23-24-25-26-27/h25-26H,2-24H2,1H3/b26-25+. The summed E-state index contributed by atoms with van der Waals surface area (Å²) in [5.41, 5.74) is 8.56. The Morgan fingerprint density at radius 2 is 0.667 bits per heavy atom. The van der Waals surface area contributed by atoms with Crippen molar-refractivity contribution in [3.63, 3.8) is 0 Å². The Balaban J connectivity index is 2.97. The van der Waals surface area contributed by atoms with Crippen LogP contribution in [-0.2, 0) is 0 Å². The molecular formula is C26H51N. The highest BCUT2D eigenvalue weighted by molar-refractivity contribution is 4.74. The van der Waals surface area contributed by atoms with E-state index in [1.165, 1.54) is 147 Å². The Morgan fingerprint density at radius 1 is 0.407 bits per heavy atom. The van der Waals surface area contributed by atoms with Crippen molar-refractivity contribution in [1.29, 1.82) is 0 Å². The highest BCUT2D eigenvalue weighted by Crippen LogP contribution is 2.15. The number of hydrogen-bond acceptors (Lipinski definition) is 0. The van der Waals surface area contributed by atoms with E-state index in [0.29, 0.717) is 0 Å². The summed E-state index contributed by atoms with van der Waals surface area (Å²) in [6.07, 6.45) is 35.6. The van der Waals surface area contributed by atoms with E-state index in [9.17, 15) is 0 Å². The number of nitrogens with zero attached hydrogens (tertiary/aromatic N) is 1. The zero-order valence-electron chi connectivity index (χ0n) is 18.9. The SMILES string of the molecule is CCCCCCCCCCCCCCCCCCCCCCCC/C=C/[N]. The Kier molecular flexibility index (Phi) is 25.1. The van der Waals surface area contributed by atoms with Crippen LogP contribution in [0.2, 0.25) is 0 Å². The number of hydrogen-bond donors (Lipinski definition) is 0. The van der Waals surface area contributed by atoms with Crippen LogP contribution in [0.3, 0.4) is 0 Å². The van der Waals surface area contributed by atoms with Crippen molar-refractivity contribution in [3.05, 3.63) is 12.3 Å². The molecule has 0 bridgehead atoms. The van der Waals surface area contributed by atoms with Gasteiger partial charge in [-0.15, -0.1) is 0 Å². The largest absolute Gasteiger partial charge is 0.160 e.